The van der Waals surface area contributed by atoms with Crippen LogP contribution < -0.4 is 0 Å². The summed E-state index contributed by atoms with van der Waals surface area (Å²) in [5.41, 5.74) is 6.45. The van der Waals surface area contributed by atoms with Crippen molar-refractivity contribution in [2.24, 2.45) is 11.8 Å². The fourth-order valence-electron chi connectivity index (χ4n) is 4.68. The summed E-state index contributed by atoms with van der Waals surface area (Å²) in [5, 5.41) is 10.4. The minimum Gasteiger partial charge on any atom is -0.513 e. The second-order valence-electron chi connectivity index (χ2n) is 8.05. The van der Waals surface area contributed by atoms with Gasteiger partial charge in [0.25, 0.3) is 0 Å². The van der Waals surface area contributed by atoms with Crippen LogP contribution in [0.3, 0.4) is 0 Å². The average molecular weight is 444 g/mol. The first-order valence-electron chi connectivity index (χ1n) is 9.54. The van der Waals surface area contributed by atoms with Gasteiger partial charge in [0.2, 0.25) is 0 Å². The van der Waals surface area contributed by atoms with Gasteiger partial charge in [0.15, 0.2) is 0 Å². The first-order chi connectivity index (χ1) is 12.9. The molecule has 0 amide bonds. The lowest BCUT2D eigenvalue weighted by atomic mass is 9.69. The first kappa shape index (κ1) is 18.8. The van der Waals surface area contributed by atoms with Crippen molar-refractivity contribution in [2.75, 3.05) is 0 Å². The predicted molar refractivity (Wildman–Crippen MR) is 117 cm³/mol. The van der Waals surface area contributed by atoms with Crippen LogP contribution in [0.1, 0.15) is 47.4 Å². The third-order valence-electron chi connectivity index (χ3n) is 6.20. The molecule has 0 radical (unpaired) electrons. The number of aliphatic hydroxyl groups is 1. The zero-order valence-electron chi connectivity index (χ0n) is 15.3. The molecule has 0 spiro atoms. The molecular weight excluding hydrogens is 420 g/mol. The van der Waals surface area contributed by atoms with E-state index in [0.29, 0.717) is 17.6 Å². The predicted octanol–water partition coefficient (Wildman–Crippen LogP) is 7.49. The normalized spacial score (nSPS) is 24.2. The summed E-state index contributed by atoms with van der Waals surface area (Å²) in [6.07, 6.45) is 5.06. The number of halogens is 2. The molecule has 3 heteroatoms. The Balaban J connectivity index is 1.60. The number of hydrogen-bond donors (Lipinski definition) is 1. The van der Waals surface area contributed by atoms with Crippen molar-refractivity contribution in [3.63, 3.8) is 0 Å². The van der Waals surface area contributed by atoms with Gasteiger partial charge >= 0.3 is 0 Å². The third-order valence-corrected chi connectivity index (χ3v) is 7.05. The maximum atomic E-state index is 9.58. The Kier molecular flexibility index (Phi) is 5.22. The Morgan fingerprint density at radius 2 is 1.96 bits per heavy atom. The lowest BCUT2D eigenvalue weighted by molar-refractivity contribution is 0.168. The minimum absolute atomic E-state index is 0.283. The summed E-state index contributed by atoms with van der Waals surface area (Å²) in [6.45, 7) is 8.02. The largest absolute Gasteiger partial charge is 0.513 e. The van der Waals surface area contributed by atoms with Crippen LogP contribution in [0.5, 0.6) is 0 Å². The van der Waals surface area contributed by atoms with Crippen LogP contribution in [0.2, 0.25) is 5.02 Å². The molecule has 2 aliphatic carbocycles. The lowest BCUT2D eigenvalue weighted by Crippen LogP contribution is -2.27. The average Bonchev–Trinajstić information content (AvgIpc) is 2.58. The molecule has 0 heterocycles. The molecule has 2 aliphatic rings. The van der Waals surface area contributed by atoms with E-state index in [1.54, 1.807) is 0 Å². The topological polar surface area (TPSA) is 20.2 Å². The van der Waals surface area contributed by atoms with Crippen molar-refractivity contribution < 1.29 is 5.11 Å². The van der Waals surface area contributed by atoms with Gasteiger partial charge in [-0.25, -0.2) is 0 Å². The SMILES string of the molecule is C=C1CC(c2ccc(Br)cc2CC2CC(C(=C)O)C2)Cc2c(Cl)cccc21. The van der Waals surface area contributed by atoms with E-state index in [1.807, 2.05) is 12.1 Å². The standard InChI is InChI=1S/C24H24BrClO/c1-14-8-18(13-23-21(14)4-3-5-24(23)26)22-7-6-20(25)12-19(22)11-16-9-17(10-16)15(2)27/h3-7,12,16-18,27H,1-2,8-11,13H2. The van der Waals surface area contributed by atoms with Gasteiger partial charge in [0, 0.05) is 15.4 Å². The zero-order valence-corrected chi connectivity index (χ0v) is 17.7. The van der Waals surface area contributed by atoms with Gasteiger partial charge in [0.1, 0.15) is 0 Å². The molecular formula is C24H24BrClO. The van der Waals surface area contributed by atoms with E-state index in [1.165, 1.54) is 27.8 Å². The highest BCUT2D eigenvalue weighted by atomic mass is 79.9. The minimum atomic E-state index is 0.283. The van der Waals surface area contributed by atoms with Crippen LogP contribution in [0, 0.1) is 11.8 Å². The van der Waals surface area contributed by atoms with Crippen LogP contribution in [0.4, 0.5) is 0 Å². The Morgan fingerprint density at radius 1 is 1.19 bits per heavy atom. The van der Waals surface area contributed by atoms with Gasteiger partial charge in [-0.3, -0.25) is 0 Å². The maximum Gasteiger partial charge on any atom is 0.0882 e. The quantitative estimate of drug-likeness (QED) is 0.485. The number of benzene rings is 2. The van der Waals surface area contributed by atoms with Crippen LogP contribution in [-0.4, -0.2) is 5.11 Å². The van der Waals surface area contributed by atoms with Crippen molar-refractivity contribution in [2.45, 2.75) is 38.0 Å². The molecule has 1 atom stereocenters. The second-order valence-corrected chi connectivity index (χ2v) is 9.37. The van der Waals surface area contributed by atoms with Gasteiger partial charge in [-0.2, -0.15) is 0 Å². The van der Waals surface area contributed by atoms with Gasteiger partial charge < -0.3 is 5.11 Å². The highest BCUT2D eigenvalue weighted by Gasteiger charge is 2.32. The number of hydrogen-bond acceptors (Lipinski definition) is 1. The fraction of sp³-hybridized carbons (Fsp3) is 0.333. The van der Waals surface area contributed by atoms with Crippen molar-refractivity contribution >= 4 is 33.1 Å². The van der Waals surface area contributed by atoms with E-state index in [4.69, 9.17) is 11.6 Å². The Bertz CT molecular complexity index is 911. The highest BCUT2D eigenvalue weighted by molar-refractivity contribution is 9.10. The molecule has 1 nitrogen and oxygen atoms in total. The lowest BCUT2D eigenvalue weighted by Gasteiger charge is -2.36. The maximum absolute atomic E-state index is 9.58. The van der Waals surface area contributed by atoms with Crippen molar-refractivity contribution in [3.05, 3.63) is 87.1 Å². The number of fused-ring (bicyclic) bond motifs is 1. The molecule has 1 N–H and O–H groups in total. The van der Waals surface area contributed by atoms with Gasteiger partial charge in [-0.05, 0) is 90.0 Å². The second kappa shape index (κ2) is 7.48. The van der Waals surface area contributed by atoms with Crippen LogP contribution >= 0.6 is 27.5 Å². The summed E-state index contributed by atoms with van der Waals surface area (Å²) in [7, 11) is 0. The Morgan fingerprint density at radius 3 is 2.70 bits per heavy atom. The van der Waals surface area contributed by atoms with Gasteiger partial charge in [0.05, 0.1) is 5.76 Å². The smallest absolute Gasteiger partial charge is 0.0882 e. The summed E-state index contributed by atoms with van der Waals surface area (Å²) < 4.78 is 1.12. The van der Waals surface area contributed by atoms with Gasteiger partial charge in [-0.15, -0.1) is 0 Å². The van der Waals surface area contributed by atoms with E-state index >= 15 is 0 Å². The molecule has 2 aromatic rings. The van der Waals surface area contributed by atoms with E-state index in [9.17, 15) is 5.11 Å². The van der Waals surface area contributed by atoms with E-state index < -0.39 is 0 Å². The fourth-order valence-corrected chi connectivity index (χ4v) is 5.34. The molecule has 0 saturated heterocycles. The molecule has 2 aromatic carbocycles. The van der Waals surface area contributed by atoms with Crippen molar-refractivity contribution in [1.82, 2.24) is 0 Å². The summed E-state index contributed by atoms with van der Waals surface area (Å²) in [4.78, 5) is 0. The molecule has 1 unspecified atom stereocenters. The molecule has 1 fully saturated rings. The monoisotopic (exact) mass is 442 g/mol. The van der Waals surface area contributed by atoms with Crippen LogP contribution in [0.25, 0.3) is 5.57 Å². The molecule has 0 aliphatic heterocycles. The van der Waals surface area contributed by atoms with E-state index in [0.717, 1.165) is 41.6 Å². The Labute approximate surface area is 174 Å². The van der Waals surface area contributed by atoms with Crippen LogP contribution in [0.15, 0.2) is 59.8 Å². The van der Waals surface area contributed by atoms with Gasteiger partial charge in [-0.1, -0.05) is 58.9 Å². The van der Waals surface area contributed by atoms with Crippen molar-refractivity contribution in [3.8, 4) is 0 Å². The molecule has 0 bridgehead atoms. The van der Waals surface area contributed by atoms with Crippen molar-refractivity contribution in [1.29, 1.82) is 0 Å². The molecule has 27 heavy (non-hydrogen) atoms. The molecule has 0 aromatic heterocycles. The van der Waals surface area contributed by atoms with E-state index in [2.05, 4.69) is 53.4 Å². The molecule has 140 valence electrons. The molecule has 1 saturated carbocycles. The zero-order chi connectivity index (χ0) is 19.1. The summed E-state index contributed by atoms with van der Waals surface area (Å²) in [5.74, 6) is 1.66. The molecule has 4 rings (SSSR count). The number of aliphatic hydroxyl groups excluding tert-OH is 1. The summed E-state index contributed by atoms with van der Waals surface area (Å²) in [6, 6.07) is 12.8. The third kappa shape index (κ3) is 3.75. The Hall–Kier alpha value is -1.51. The van der Waals surface area contributed by atoms with E-state index in [-0.39, 0.29) is 5.92 Å². The number of rotatable bonds is 4. The highest BCUT2D eigenvalue weighted by Crippen LogP contribution is 2.44. The number of allylic oxidation sites excluding steroid dienone is 2. The first-order valence-corrected chi connectivity index (χ1v) is 10.7. The summed E-state index contributed by atoms with van der Waals surface area (Å²) >= 11 is 10.1. The van der Waals surface area contributed by atoms with Crippen LogP contribution in [-0.2, 0) is 12.8 Å².